The molecule has 3 aromatic rings. The molecular formula is C56H83N19O13S2. The molecular weight excluding hydrogens is 1210 g/mol. The molecule has 8 amide bonds. The molecule has 25 N–H and O–H groups in total. The van der Waals surface area contributed by atoms with E-state index in [9.17, 15) is 63.3 Å². The van der Waals surface area contributed by atoms with Crippen LogP contribution in [0, 0.1) is 22.1 Å². The highest BCUT2D eigenvalue weighted by Crippen LogP contribution is 2.32. The average molecular weight is 1290 g/mol. The van der Waals surface area contributed by atoms with Crippen LogP contribution in [0.1, 0.15) is 73.1 Å². The normalized spacial score (nSPS) is 18.3. The Morgan fingerprint density at radius 2 is 1.10 bits per heavy atom. The van der Waals surface area contributed by atoms with Gasteiger partial charge in [0.05, 0.1) is 31.2 Å². The van der Waals surface area contributed by atoms with Crippen molar-refractivity contribution in [2.24, 2.45) is 28.9 Å². The number of carbonyl (C=O) groups is 10. The Morgan fingerprint density at radius 3 is 1.62 bits per heavy atom. The number of carbonyl (C=O) groups excluding carboxylic acids is 9. The molecule has 1 aromatic carbocycles. The van der Waals surface area contributed by atoms with Gasteiger partial charge in [0.15, 0.2) is 23.7 Å². The fourth-order valence-corrected chi connectivity index (χ4v) is 11.7. The molecule has 0 aliphatic carbocycles. The lowest BCUT2D eigenvalue weighted by Gasteiger charge is -2.33. The number of nitrogens with zero attached hydrogens (tertiary/aromatic N) is 1. The first-order chi connectivity index (χ1) is 42.9. The van der Waals surface area contributed by atoms with Gasteiger partial charge in [0.25, 0.3) is 5.91 Å². The van der Waals surface area contributed by atoms with Crippen LogP contribution < -0.4 is 81.4 Å². The van der Waals surface area contributed by atoms with Crippen LogP contribution in [-0.2, 0) is 67.2 Å². The summed E-state index contributed by atoms with van der Waals surface area (Å²) in [6.45, 7) is -1.18. The molecule has 34 heteroatoms. The zero-order valence-corrected chi connectivity index (χ0v) is 51.1. The van der Waals surface area contributed by atoms with E-state index in [1.165, 1.54) is 27.6 Å². The van der Waals surface area contributed by atoms with Gasteiger partial charge in [-0.2, -0.15) is 0 Å². The van der Waals surface area contributed by atoms with Crippen molar-refractivity contribution in [3.8, 4) is 0 Å². The van der Waals surface area contributed by atoms with Crippen LogP contribution in [0.2, 0.25) is 0 Å². The number of Topliss-reactive ketones (excluding diaryl/α,β-unsaturated/α-hetero) is 1. The predicted molar refractivity (Wildman–Crippen MR) is 332 cm³/mol. The van der Waals surface area contributed by atoms with E-state index in [1.54, 1.807) is 65.4 Å². The fraction of sp³-hybridized carbons (Fsp3) is 0.518. The summed E-state index contributed by atoms with van der Waals surface area (Å²) in [5, 5.41) is 86.1. The number of amides is 8. The van der Waals surface area contributed by atoms with Gasteiger partial charge in [0, 0.05) is 55.2 Å². The van der Waals surface area contributed by atoms with Gasteiger partial charge in [-0.1, -0.05) is 42.5 Å². The molecule has 1 unspecified atom stereocenters. The quantitative estimate of drug-likeness (QED) is 0.0146. The van der Waals surface area contributed by atoms with Gasteiger partial charge in [0.1, 0.15) is 36.3 Å². The van der Waals surface area contributed by atoms with Crippen molar-refractivity contribution in [3.63, 3.8) is 0 Å². The number of thiophene rings is 2. The molecule has 0 saturated carbocycles. The molecule has 10 atom stereocenters. The van der Waals surface area contributed by atoms with Gasteiger partial charge in [0.2, 0.25) is 47.1 Å². The van der Waals surface area contributed by atoms with E-state index in [0.717, 1.165) is 0 Å². The van der Waals surface area contributed by atoms with E-state index in [-0.39, 0.29) is 115 Å². The molecule has 2 aromatic heterocycles. The van der Waals surface area contributed by atoms with Gasteiger partial charge in [-0.05, 0) is 92.8 Å². The van der Waals surface area contributed by atoms with Crippen LogP contribution in [0.25, 0.3) is 0 Å². The molecule has 2 fully saturated rings. The maximum absolute atomic E-state index is 14.4. The zero-order valence-electron chi connectivity index (χ0n) is 49.5. The minimum Gasteiger partial charge on any atom is -0.480 e. The number of carboxylic acids is 1. The summed E-state index contributed by atoms with van der Waals surface area (Å²) in [7, 11) is 0. The average Bonchev–Trinajstić information content (AvgIpc) is 1.63. The van der Waals surface area contributed by atoms with Crippen LogP contribution in [0.15, 0.2) is 65.4 Å². The van der Waals surface area contributed by atoms with Crippen molar-refractivity contribution in [3.05, 3.63) is 80.7 Å². The maximum Gasteiger partial charge on any atom is 0.326 e. The Morgan fingerprint density at radius 1 is 0.611 bits per heavy atom. The van der Waals surface area contributed by atoms with Crippen molar-refractivity contribution in [1.82, 2.24) is 63.4 Å². The van der Waals surface area contributed by atoms with Crippen LogP contribution in [0.3, 0.4) is 0 Å². The molecule has 492 valence electrons. The van der Waals surface area contributed by atoms with Crippen molar-refractivity contribution in [2.45, 2.75) is 131 Å². The van der Waals surface area contributed by atoms with Gasteiger partial charge >= 0.3 is 5.97 Å². The lowest BCUT2D eigenvalue weighted by atomic mass is 9.86. The SMILES string of the molecule is N=C(N)NCCC[C@@H](N)C(=O)N[C@@H](CCCNC(=N)N)C(=O)N1CCC[C@H]1C(=O)C1CCN[C@]1(O)C(=O)NCC(=O)N[C@@H](Cc1cccs1)C(=O)N[C@@H](CO)C(=O)N[C@H](Cc1ccccc1)C(=O)N[C@@H](Cc1cccs1)C(=O)N[C@@H](CCCNC(=N)N)C(=O)O. The first-order valence-electron chi connectivity index (χ1n) is 29.2. The number of guanidine groups is 3. The number of aliphatic hydroxyl groups is 2. The first-order valence-corrected chi connectivity index (χ1v) is 31.0. The number of nitrogens with two attached hydrogens (primary N) is 4. The van der Waals surface area contributed by atoms with Gasteiger partial charge in [-0.3, -0.25) is 64.7 Å². The predicted octanol–water partition coefficient (Wildman–Crippen LogP) is -5.09. The number of hydrogen-bond donors (Lipinski definition) is 21. The minimum absolute atomic E-state index is 0.0265. The molecule has 0 spiro atoms. The second-order valence-corrected chi connectivity index (χ2v) is 23.6. The summed E-state index contributed by atoms with van der Waals surface area (Å²) >= 11 is 2.50. The highest BCUT2D eigenvalue weighted by molar-refractivity contribution is 7.10. The number of aliphatic hydroxyl groups excluding tert-OH is 1. The third kappa shape index (κ3) is 22.6. The molecule has 0 radical (unpaired) electrons. The number of hydrogen-bond acceptors (Lipinski definition) is 19. The van der Waals surface area contributed by atoms with E-state index in [0.29, 0.717) is 28.2 Å². The minimum atomic E-state index is -2.58. The number of ketones is 1. The molecule has 2 aliphatic heterocycles. The number of carboxylic acid groups (broad SMARTS) is 1. The van der Waals surface area contributed by atoms with Crippen LogP contribution >= 0.6 is 22.7 Å². The number of aliphatic carboxylic acids is 1. The molecule has 32 nitrogen and oxygen atoms in total. The van der Waals surface area contributed by atoms with Crippen LogP contribution in [0.4, 0.5) is 0 Å². The third-order valence-electron chi connectivity index (χ3n) is 14.8. The van der Waals surface area contributed by atoms with E-state index in [2.05, 4.69) is 58.5 Å². The van der Waals surface area contributed by atoms with E-state index in [4.69, 9.17) is 39.2 Å². The maximum atomic E-state index is 14.4. The van der Waals surface area contributed by atoms with Crippen molar-refractivity contribution in [1.29, 1.82) is 16.2 Å². The largest absolute Gasteiger partial charge is 0.480 e. The zero-order chi connectivity index (χ0) is 65.9. The Labute approximate surface area is 526 Å². The van der Waals surface area contributed by atoms with E-state index in [1.807, 2.05) is 0 Å². The summed E-state index contributed by atoms with van der Waals surface area (Å²) in [4.78, 5) is 141. The Balaban J connectivity index is 1.25. The fourth-order valence-electron chi connectivity index (χ4n) is 10.2. The molecule has 0 bridgehead atoms. The molecule has 2 aliphatic rings. The highest BCUT2D eigenvalue weighted by atomic mass is 32.1. The van der Waals surface area contributed by atoms with Crippen LogP contribution in [-0.4, -0.2) is 197 Å². The Hall–Kier alpha value is -8.83. The molecule has 90 heavy (non-hydrogen) atoms. The second-order valence-electron chi connectivity index (χ2n) is 21.6. The number of nitrogens with one attached hydrogen (secondary N) is 14. The van der Waals surface area contributed by atoms with E-state index < -0.39 is 132 Å². The number of likely N-dealkylation sites (tertiary alicyclic amines) is 1. The number of benzene rings is 1. The third-order valence-corrected chi connectivity index (χ3v) is 16.6. The van der Waals surface area contributed by atoms with E-state index >= 15 is 0 Å². The van der Waals surface area contributed by atoms with Crippen molar-refractivity contribution in [2.75, 3.05) is 45.9 Å². The topological polar surface area (TPSA) is 543 Å². The molecule has 2 saturated heterocycles. The van der Waals surface area contributed by atoms with Crippen LogP contribution in [0.5, 0.6) is 0 Å². The second kappa shape index (κ2) is 36.0. The lowest BCUT2D eigenvalue weighted by Crippen LogP contribution is -2.62. The highest BCUT2D eigenvalue weighted by Gasteiger charge is 2.54. The Kier molecular flexibility index (Phi) is 28.8. The molecule has 4 heterocycles. The van der Waals surface area contributed by atoms with Gasteiger partial charge in [-0.15, -0.1) is 22.7 Å². The molecule has 5 rings (SSSR count). The summed E-state index contributed by atoms with van der Waals surface area (Å²) < 4.78 is 0. The number of rotatable bonds is 37. The van der Waals surface area contributed by atoms with Gasteiger partial charge in [-0.25, -0.2) is 4.79 Å². The summed E-state index contributed by atoms with van der Waals surface area (Å²) in [5.41, 5.74) is 20.2. The Bertz CT molecular complexity index is 2960. The standard InChI is InChI=1S/C56H83N19O13S2/c57-35(14-4-19-64-53(58)59)45(79)70-36(15-5-20-65-54(60)61)50(84)75-23-7-17-42(75)44(78)34-18-22-68-56(34,88)52(87)67-29-43(77)69-39(27-32-12-8-24-89-32)47(81)74-41(30-76)49(83)72-38(26-31-10-2-1-3-11-31)46(80)73-40(28-33-13-9-25-90-33)48(82)71-37(51(85)86)16-6-21-66-55(62)63/h1-3,8-13,24-25,34-42,68,76,88H,4-7,14-23,26-30,57H2,(H,67,87)(H,69,77)(H,70,79)(H,71,82)(H,72,83)(H,73,80)(H,74,81)(H,85,86)(H4,58,59,64)(H4,60,61,65)(H4,62,63,66)/t34?,35-,36+,37+,38-,39+,40+,41+,42+,56-/m1/s1. The summed E-state index contributed by atoms with van der Waals surface area (Å²) in [6, 6.07) is 4.44. The lowest BCUT2D eigenvalue weighted by molar-refractivity contribution is -0.155. The first kappa shape index (κ1) is 71.9. The van der Waals surface area contributed by atoms with Gasteiger partial charge < -0.3 is 96.3 Å². The monoisotopic (exact) mass is 1290 g/mol. The summed E-state index contributed by atoms with van der Waals surface area (Å²) in [5.74, 6) is -11.5. The van der Waals surface area contributed by atoms with Crippen molar-refractivity contribution >= 4 is 99.6 Å². The summed E-state index contributed by atoms with van der Waals surface area (Å²) in [6.07, 6.45) is 1.09. The van der Waals surface area contributed by atoms with Crippen molar-refractivity contribution < 1.29 is 63.3 Å². The smallest absolute Gasteiger partial charge is 0.326 e.